The van der Waals surface area contributed by atoms with E-state index in [-0.39, 0.29) is 5.60 Å². The number of methoxy groups -OCH3 is 1. The van der Waals surface area contributed by atoms with E-state index < -0.39 is 0 Å². The van der Waals surface area contributed by atoms with E-state index in [2.05, 4.69) is 33.0 Å². The molecule has 0 aromatic heterocycles. The summed E-state index contributed by atoms with van der Waals surface area (Å²) in [4.78, 5) is 0. The van der Waals surface area contributed by atoms with Crippen LogP contribution in [0, 0.1) is 5.41 Å². The molecule has 0 amide bonds. The van der Waals surface area contributed by atoms with Crippen molar-refractivity contribution in [3.8, 4) is 0 Å². The van der Waals surface area contributed by atoms with Gasteiger partial charge in [-0.3, -0.25) is 0 Å². The molecule has 0 aromatic carbocycles. The van der Waals surface area contributed by atoms with E-state index in [4.69, 9.17) is 9.47 Å². The van der Waals surface area contributed by atoms with Gasteiger partial charge in [-0.25, -0.2) is 0 Å². The van der Waals surface area contributed by atoms with E-state index in [1.54, 1.807) is 7.11 Å². The van der Waals surface area contributed by atoms with Crippen LogP contribution in [0.3, 0.4) is 0 Å². The second-order valence-corrected chi connectivity index (χ2v) is 6.58. The van der Waals surface area contributed by atoms with Crippen LogP contribution in [0.25, 0.3) is 0 Å². The summed E-state index contributed by atoms with van der Waals surface area (Å²) in [5.41, 5.74) is 0.378. The van der Waals surface area contributed by atoms with Gasteiger partial charge in [0.15, 0.2) is 0 Å². The number of hydrogen-bond donors (Lipinski definition) is 1. The molecule has 0 bridgehead atoms. The lowest BCUT2D eigenvalue weighted by Gasteiger charge is -2.29. The lowest BCUT2D eigenvalue weighted by atomic mass is 9.85. The van der Waals surface area contributed by atoms with Gasteiger partial charge in [0.2, 0.25) is 0 Å². The Morgan fingerprint density at radius 2 is 2.12 bits per heavy atom. The molecule has 1 rings (SSSR count). The Bertz CT molecular complexity index is 226. The van der Waals surface area contributed by atoms with Gasteiger partial charge in [0.1, 0.15) is 0 Å². The van der Waals surface area contributed by atoms with Gasteiger partial charge < -0.3 is 14.8 Å². The molecule has 1 fully saturated rings. The second kappa shape index (κ2) is 6.17. The van der Waals surface area contributed by atoms with Crippen LogP contribution in [0.15, 0.2) is 0 Å². The summed E-state index contributed by atoms with van der Waals surface area (Å²) in [6.07, 6.45) is 3.96. The standard InChI is InChI=1S/C14H29NO2/c1-13(2,11-15-8-9-16-5)10-12-6-7-14(3,4)17-12/h12,15H,6-11H2,1-5H3. The number of rotatable bonds is 7. The quantitative estimate of drug-likeness (QED) is 0.697. The second-order valence-electron chi connectivity index (χ2n) is 6.58. The van der Waals surface area contributed by atoms with Crippen molar-refractivity contribution in [1.82, 2.24) is 5.32 Å². The fraction of sp³-hybridized carbons (Fsp3) is 1.00. The van der Waals surface area contributed by atoms with Crippen LogP contribution >= 0.6 is 0 Å². The monoisotopic (exact) mass is 243 g/mol. The molecule has 0 aromatic rings. The third-order valence-electron chi connectivity index (χ3n) is 3.42. The van der Waals surface area contributed by atoms with Crippen molar-refractivity contribution in [3.05, 3.63) is 0 Å². The van der Waals surface area contributed by atoms with Crippen LogP contribution < -0.4 is 5.32 Å². The Balaban J connectivity index is 2.24. The van der Waals surface area contributed by atoms with Crippen molar-refractivity contribution < 1.29 is 9.47 Å². The first kappa shape index (κ1) is 14.9. The van der Waals surface area contributed by atoms with E-state index in [9.17, 15) is 0 Å². The molecule has 0 saturated carbocycles. The Morgan fingerprint density at radius 1 is 1.41 bits per heavy atom. The van der Waals surface area contributed by atoms with Crippen LogP contribution in [-0.2, 0) is 9.47 Å². The third kappa shape index (κ3) is 5.84. The van der Waals surface area contributed by atoms with Crippen molar-refractivity contribution >= 4 is 0 Å². The van der Waals surface area contributed by atoms with Gasteiger partial charge in [0, 0.05) is 20.2 Å². The van der Waals surface area contributed by atoms with Crippen molar-refractivity contribution in [3.63, 3.8) is 0 Å². The molecule has 0 radical (unpaired) electrons. The zero-order valence-electron chi connectivity index (χ0n) is 12.1. The fourth-order valence-electron chi connectivity index (χ4n) is 2.51. The molecule has 0 spiro atoms. The first-order chi connectivity index (χ1) is 7.85. The molecule has 1 N–H and O–H groups in total. The zero-order chi connectivity index (χ0) is 12.9. The van der Waals surface area contributed by atoms with Gasteiger partial charge in [-0.1, -0.05) is 13.8 Å². The Labute approximate surface area is 106 Å². The molecule has 1 saturated heterocycles. The lowest BCUT2D eigenvalue weighted by molar-refractivity contribution is -0.0317. The number of nitrogens with one attached hydrogen (secondary N) is 1. The minimum absolute atomic E-state index is 0.0875. The van der Waals surface area contributed by atoms with Crippen LogP contribution in [0.2, 0.25) is 0 Å². The molecule has 1 aliphatic rings. The highest BCUT2D eigenvalue weighted by Crippen LogP contribution is 2.35. The summed E-state index contributed by atoms with van der Waals surface area (Å²) >= 11 is 0. The molecule has 1 unspecified atom stereocenters. The van der Waals surface area contributed by atoms with Crippen molar-refractivity contribution in [1.29, 1.82) is 0 Å². The lowest BCUT2D eigenvalue weighted by Crippen LogP contribution is -2.34. The molecule has 17 heavy (non-hydrogen) atoms. The largest absolute Gasteiger partial charge is 0.383 e. The maximum absolute atomic E-state index is 6.06. The van der Waals surface area contributed by atoms with Gasteiger partial charge in [-0.05, 0) is 38.5 Å². The van der Waals surface area contributed by atoms with E-state index in [1.165, 1.54) is 12.8 Å². The highest BCUT2D eigenvalue weighted by molar-refractivity contribution is 4.85. The molecule has 1 aliphatic heterocycles. The summed E-state index contributed by atoms with van der Waals surface area (Å²) in [6, 6.07) is 0. The normalized spacial score (nSPS) is 24.2. The van der Waals surface area contributed by atoms with Gasteiger partial charge in [0.25, 0.3) is 0 Å². The van der Waals surface area contributed by atoms with E-state index in [0.717, 1.165) is 26.1 Å². The summed E-state index contributed by atoms with van der Waals surface area (Å²) < 4.78 is 11.1. The first-order valence-corrected chi connectivity index (χ1v) is 6.72. The van der Waals surface area contributed by atoms with Gasteiger partial charge >= 0.3 is 0 Å². The van der Waals surface area contributed by atoms with Crippen LogP contribution in [0.4, 0.5) is 0 Å². The summed E-state index contributed by atoms with van der Waals surface area (Å²) in [6.45, 7) is 11.7. The fourth-order valence-corrected chi connectivity index (χ4v) is 2.51. The minimum Gasteiger partial charge on any atom is -0.383 e. The van der Waals surface area contributed by atoms with Crippen molar-refractivity contribution in [2.45, 2.75) is 58.7 Å². The maximum Gasteiger partial charge on any atom is 0.0631 e. The van der Waals surface area contributed by atoms with Crippen molar-refractivity contribution in [2.75, 3.05) is 26.8 Å². The van der Waals surface area contributed by atoms with Gasteiger partial charge in [-0.2, -0.15) is 0 Å². The van der Waals surface area contributed by atoms with Crippen LogP contribution in [0.1, 0.15) is 47.0 Å². The van der Waals surface area contributed by atoms with Gasteiger partial charge in [-0.15, -0.1) is 0 Å². The Kier molecular flexibility index (Phi) is 5.42. The van der Waals surface area contributed by atoms with Crippen LogP contribution in [0.5, 0.6) is 0 Å². The molecule has 1 atom stereocenters. The SMILES string of the molecule is COCCNCC(C)(C)CC1CCC(C)(C)O1. The maximum atomic E-state index is 6.06. The Morgan fingerprint density at radius 3 is 2.65 bits per heavy atom. The predicted molar refractivity (Wildman–Crippen MR) is 71.3 cm³/mol. The van der Waals surface area contributed by atoms with Crippen molar-refractivity contribution in [2.24, 2.45) is 5.41 Å². The summed E-state index contributed by atoms with van der Waals surface area (Å²) in [7, 11) is 1.74. The predicted octanol–water partition coefficient (Wildman–Crippen LogP) is 2.60. The molecule has 3 heteroatoms. The average molecular weight is 243 g/mol. The van der Waals surface area contributed by atoms with Crippen LogP contribution in [-0.4, -0.2) is 38.5 Å². The molecule has 102 valence electrons. The molecular weight excluding hydrogens is 214 g/mol. The smallest absolute Gasteiger partial charge is 0.0631 e. The topological polar surface area (TPSA) is 30.5 Å². The third-order valence-corrected chi connectivity index (χ3v) is 3.42. The van der Waals surface area contributed by atoms with E-state index in [0.29, 0.717) is 11.5 Å². The summed E-state index contributed by atoms with van der Waals surface area (Å²) in [5.74, 6) is 0. The van der Waals surface area contributed by atoms with Gasteiger partial charge in [0.05, 0.1) is 18.3 Å². The number of ether oxygens (including phenoxy) is 2. The highest BCUT2D eigenvalue weighted by atomic mass is 16.5. The molecule has 0 aliphatic carbocycles. The highest BCUT2D eigenvalue weighted by Gasteiger charge is 2.34. The minimum atomic E-state index is 0.0875. The van der Waals surface area contributed by atoms with E-state index >= 15 is 0 Å². The molecular formula is C14H29NO2. The first-order valence-electron chi connectivity index (χ1n) is 6.72. The molecule has 3 nitrogen and oxygen atoms in total. The number of hydrogen-bond acceptors (Lipinski definition) is 3. The zero-order valence-corrected chi connectivity index (χ0v) is 12.1. The average Bonchev–Trinajstić information content (AvgIpc) is 2.52. The summed E-state index contributed by atoms with van der Waals surface area (Å²) in [5, 5.41) is 3.44. The molecule has 1 heterocycles. The Hall–Kier alpha value is -0.120. The van der Waals surface area contributed by atoms with E-state index in [1.807, 2.05) is 0 Å².